The van der Waals surface area contributed by atoms with E-state index in [-0.39, 0.29) is 21.9 Å². The second kappa shape index (κ2) is 5.63. The summed E-state index contributed by atoms with van der Waals surface area (Å²) in [6, 6.07) is 8.88. The van der Waals surface area contributed by atoms with Crippen molar-refractivity contribution >= 4 is 45.7 Å². The molecule has 21 heavy (non-hydrogen) atoms. The molecule has 3 rings (SSSR count). The minimum absolute atomic E-state index is 0.0887. The quantitative estimate of drug-likeness (QED) is 0.733. The van der Waals surface area contributed by atoms with Crippen LogP contribution in [0.3, 0.4) is 0 Å². The maximum Gasteiger partial charge on any atom is 0.255 e. The number of halogens is 2. The van der Waals surface area contributed by atoms with Crippen LogP contribution < -0.4 is 5.32 Å². The van der Waals surface area contributed by atoms with Crippen molar-refractivity contribution in [2.75, 3.05) is 5.32 Å². The predicted octanol–water partition coefficient (Wildman–Crippen LogP) is 3.58. The Morgan fingerprint density at radius 1 is 1.05 bits per heavy atom. The highest BCUT2D eigenvalue weighted by Gasteiger charge is 2.13. The van der Waals surface area contributed by atoms with Crippen LogP contribution in [0.4, 0.5) is 5.69 Å². The second-order valence-electron chi connectivity index (χ2n) is 4.20. The molecule has 0 aliphatic heterocycles. The second-order valence-corrected chi connectivity index (χ2v) is 4.91. The lowest BCUT2D eigenvalue weighted by Gasteiger charge is -2.08. The number of hydrogen-bond acceptors (Lipinski definition) is 4. The molecule has 0 radical (unpaired) electrons. The van der Waals surface area contributed by atoms with E-state index in [4.69, 9.17) is 23.2 Å². The Morgan fingerprint density at radius 3 is 2.57 bits per heavy atom. The van der Waals surface area contributed by atoms with Crippen LogP contribution in [-0.4, -0.2) is 20.9 Å². The van der Waals surface area contributed by atoms with Crippen LogP contribution in [0.15, 0.2) is 42.9 Å². The molecule has 0 atom stereocenters. The number of anilines is 1. The summed E-state index contributed by atoms with van der Waals surface area (Å²) in [4.78, 5) is 24.0. The van der Waals surface area contributed by atoms with Gasteiger partial charge in [0.25, 0.3) is 5.91 Å². The summed E-state index contributed by atoms with van der Waals surface area (Å²) in [6.07, 6.45) is 2.92. The maximum atomic E-state index is 12.3. The van der Waals surface area contributed by atoms with Crippen molar-refractivity contribution in [3.05, 3.63) is 58.7 Å². The number of amides is 1. The standard InChI is InChI=1S/C14H8Cl2N4O/c15-12-11(13(16)19-7-18-12)20-14(21)9-3-4-10-8(6-9)2-1-5-17-10/h1-7H,(H,20,21). The van der Waals surface area contributed by atoms with Crippen molar-refractivity contribution < 1.29 is 4.79 Å². The highest BCUT2D eigenvalue weighted by atomic mass is 35.5. The summed E-state index contributed by atoms with van der Waals surface area (Å²) in [7, 11) is 0. The first-order valence-corrected chi connectivity index (χ1v) is 6.73. The first-order chi connectivity index (χ1) is 10.1. The van der Waals surface area contributed by atoms with E-state index in [0.29, 0.717) is 5.56 Å². The van der Waals surface area contributed by atoms with Gasteiger partial charge in [0.2, 0.25) is 0 Å². The van der Waals surface area contributed by atoms with Crippen molar-refractivity contribution in [3.63, 3.8) is 0 Å². The van der Waals surface area contributed by atoms with E-state index in [9.17, 15) is 4.79 Å². The molecule has 2 heterocycles. The third-order valence-electron chi connectivity index (χ3n) is 2.86. The van der Waals surface area contributed by atoms with E-state index in [2.05, 4.69) is 20.3 Å². The van der Waals surface area contributed by atoms with Gasteiger partial charge in [0.05, 0.1) is 5.52 Å². The van der Waals surface area contributed by atoms with E-state index in [1.54, 1.807) is 24.4 Å². The molecule has 1 aromatic carbocycles. The van der Waals surface area contributed by atoms with Gasteiger partial charge in [0.15, 0.2) is 10.3 Å². The smallest absolute Gasteiger partial charge is 0.255 e. The van der Waals surface area contributed by atoms with Gasteiger partial charge in [-0.15, -0.1) is 0 Å². The fourth-order valence-electron chi connectivity index (χ4n) is 1.85. The highest BCUT2D eigenvalue weighted by Crippen LogP contribution is 2.26. The fourth-order valence-corrected chi connectivity index (χ4v) is 2.26. The highest BCUT2D eigenvalue weighted by molar-refractivity contribution is 6.38. The lowest BCUT2D eigenvalue weighted by molar-refractivity contribution is 0.102. The maximum absolute atomic E-state index is 12.3. The minimum atomic E-state index is -0.348. The summed E-state index contributed by atoms with van der Waals surface area (Å²) in [6.45, 7) is 0. The number of aromatic nitrogens is 3. The molecule has 0 saturated carbocycles. The topological polar surface area (TPSA) is 67.8 Å². The van der Waals surface area contributed by atoms with Crippen molar-refractivity contribution in [2.45, 2.75) is 0 Å². The molecule has 1 amide bonds. The van der Waals surface area contributed by atoms with Crippen LogP contribution >= 0.6 is 23.2 Å². The molecule has 7 heteroatoms. The molecule has 0 unspecified atom stereocenters. The van der Waals surface area contributed by atoms with Gasteiger partial charge in [-0.25, -0.2) is 9.97 Å². The van der Waals surface area contributed by atoms with E-state index in [1.165, 1.54) is 6.33 Å². The summed E-state index contributed by atoms with van der Waals surface area (Å²) >= 11 is 11.8. The Morgan fingerprint density at radius 2 is 1.81 bits per heavy atom. The SMILES string of the molecule is O=C(Nc1c(Cl)ncnc1Cl)c1ccc2ncccc2c1. The Hall–Kier alpha value is -2.24. The number of carbonyl (C=O) groups excluding carboxylic acids is 1. The molecule has 0 spiro atoms. The van der Waals surface area contributed by atoms with Crippen molar-refractivity contribution in [1.29, 1.82) is 0 Å². The predicted molar refractivity (Wildman–Crippen MR) is 81.7 cm³/mol. The lowest BCUT2D eigenvalue weighted by Crippen LogP contribution is -2.13. The van der Waals surface area contributed by atoms with Crippen molar-refractivity contribution in [2.24, 2.45) is 0 Å². The number of nitrogens with one attached hydrogen (secondary N) is 1. The third kappa shape index (κ3) is 2.79. The van der Waals surface area contributed by atoms with Gasteiger partial charge in [0.1, 0.15) is 12.0 Å². The average Bonchev–Trinajstić information content (AvgIpc) is 2.50. The molecule has 3 aromatic rings. The van der Waals surface area contributed by atoms with Crippen LogP contribution in [0, 0.1) is 0 Å². The van der Waals surface area contributed by atoms with Crippen LogP contribution in [0.5, 0.6) is 0 Å². The number of fused-ring (bicyclic) bond motifs is 1. The molecule has 5 nitrogen and oxygen atoms in total. The van der Waals surface area contributed by atoms with E-state index >= 15 is 0 Å². The van der Waals surface area contributed by atoms with E-state index in [0.717, 1.165) is 10.9 Å². The van der Waals surface area contributed by atoms with Crippen LogP contribution in [-0.2, 0) is 0 Å². The first kappa shape index (κ1) is 13.7. The van der Waals surface area contributed by atoms with Crippen LogP contribution in [0.25, 0.3) is 10.9 Å². The summed E-state index contributed by atoms with van der Waals surface area (Å²) in [5, 5.41) is 3.66. The van der Waals surface area contributed by atoms with Gasteiger partial charge in [-0.3, -0.25) is 9.78 Å². The number of nitrogens with zero attached hydrogens (tertiary/aromatic N) is 3. The zero-order valence-corrected chi connectivity index (χ0v) is 12.1. The third-order valence-corrected chi connectivity index (χ3v) is 3.43. The molecule has 104 valence electrons. The Labute approximate surface area is 130 Å². The monoisotopic (exact) mass is 318 g/mol. The Bertz CT molecular complexity index is 818. The van der Waals surface area contributed by atoms with Gasteiger partial charge >= 0.3 is 0 Å². The molecule has 1 N–H and O–H groups in total. The van der Waals surface area contributed by atoms with Crippen molar-refractivity contribution in [1.82, 2.24) is 15.0 Å². The van der Waals surface area contributed by atoms with Gasteiger partial charge < -0.3 is 5.32 Å². The number of rotatable bonds is 2. The van der Waals surface area contributed by atoms with Crippen molar-refractivity contribution in [3.8, 4) is 0 Å². The molecule has 0 aliphatic carbocycles. The first-order valence-electron chi connectivity index (χ1n) is 5.97. The Balaban J connectivity index is 1.94. The summed E-state index contributed by atoms with van der Waals surface area (Å²) < 4.78 is 0. The van der Waals surface area contributed by atoms with Crippen LogP contribution in [0.2, 0.25) is 10.3 Å². The molecule has 0 saturated heterocycles. The molecule has 0 aliphatic rings. The lowest BCUT2D eigenvalue weighted by atomic mass is 10.1. The van der Waals surface area contributed by atoms with Gasteiger partial charge in [-0.2, -0.15) is 0 Å². The molecule has 2 aromatic heterocycles. The average molecular weight is 319 g/mol. The zero-order chi connectivity index (χ0) is 14.8. The zero-order valence-electron chi connectivity index (χ0n) is 10.5. The molecular formula is C14H8Cl2N4O. The van der Waals surface area contributed by atoms with Gasteiger partial charge in [0, 0.05) is 17.1 Å². The normalized spacial score (nSPS) is 10.6. The molecule has 0 fully saturated rings. The summed E-state index contributed by atoms with van der Waals surface area (Å²) in [5.41, 5.74) is 1.47. The van der Waals surface area contributed by atoms with E-state index < -0.39 is 0 Å². The number of benzene rings is 1. The number of pyridine rings is 1. The molecule has 0 bridgehead atoms. The van der Waals surface area contributed by atoms with Gasteiger partial charge in [-0.1, -0.05) is 29.3 Å². The largest absolute Gasteiger partial charge is 0.317 e. The fraction of sp³-hybridized carbons (Fsp3) is 0. The number of hydrogen-bond donors (Lipinski definition) is 1. The van der Waals surface area contributed by atoms with Gasteiger partial charge in [-0.05, 0) is 24.3 Å². The van der Waals surface area contributed by atoms with E-state index in [1.807, 2.05) is 12.1 Å². The minimum Gasteiger partial charge on any atom is -0.317 e. The van der Waals surface area contributed by atoms with Crippen LogP contribution in [0.1, 0.15) is 10.4 Å². The Kier molecular flexibility index (Phi) is 3.68. The molecular weight excluding hydrogens is 311 g/mol. The summed E-state index contributed by atoms with van der Waals surface area (Å²) in [5.74, 6) is -0.348. The number of carbonyl (C=O) groups is 1.